The minimum Gasteiger partial charge on any atom is -0.327 e. The van der Waals surface area contributed by atoms with Crippen molar-refractivity contribution in [2.45, 2.75) is 19.8 Å². The van der Waals surface area contributed by atoms with Crippen molar-refractivity contribution in [3.63, 3.8) is 0 Å². The molecule has 27 heavy (non-hydrogen) atoms. The molecule has 0 fully saturated rings. The van der Waals surface area contributed by atoms with Crippen LogP contribution in [0.15, 0.2) is 31.0 Å². The molecule has 4 heterocycles. The molecule has 2 N–H and O–H groups in total. The fraction of sp³-hybridized carbons (Fsp3) is 0.333. The molecule has 4 rings (SSSR count). The zero-order chi connectivity index (χ0) is 18.8. The molecule has 0 radical (unpaired) electrons. The number of imidazole rings is 1. The highest BCUT2D eigenvalue weighted by Crippen LogP contribution is 2.28. The molecule has 0 aromatic carbocycles. The summed E-state index contributed by atoms with van der Waals surface area (Å²) in [5.41, 5.74) is 4.93. The summed E-state index contributed by atoms with van der Waals surface area (Å²) >= 11 is 1.43. The van der Waals surface area contributed by atoms with Gasteiger partial charge in [0.2, 0.25) is 0 Å². The third-order valence-electron chi connectivity index (χ3n) is 4.38. The van der Waals surface area contributed by atoms with Crippen molar-refractivity contribution in [1.29, 1.82) is 0 Å². The van der Waals surface area contributed by atoms with Gasteiger partial charge in [-0.05, 0) is 44.9 Å². The van der Waals surface area contributed by atoms with Crippen LogP contribution >= 0.6 is 11.5 Å². The number of nitrogens with one attached hydrogen (secondary N) is 2. The van der Waals surface area contributed by atoms with Crippen LogP contribution in [0.3, 0.4) is 0 Å². The first-order valence-electron chi connectivity index (χ1n) is 8.84. The number of rotatable bonds is 7. The Balaban J connectivity index is 1.80. The second-order valence-electron chi connectivity index (χ2n) is 6.49. The molecule has 0 amide bonds. The molecule has 0 aliphatic carbocycles. The highest BCUT2D eigenvalue weighted by molar-refractivity contribution is 7.10. The average Bonchev–Trinajstić information content (AvgIpc) is 3.36. The number of fused-ring (bicyclic) bond motifs is 1. The van der Waals surface area contributed by atoms with Gasteiger partial charge in [0.15, 0.2) is 11.5 Å². The Morgan fingerprint density at radius 3 is 2.78 bits per heavy atom. The maximum atomic E-state index is 4.84. The molecule has 0 spiro atoms. The molecule has 140 valence electrons. The SMILES string of the molecule is CNCCCc1cn2c(-c3cnn(C)c3)cnc2c(Nc2sncc2C)n1. The van der Waals surface area contributed by atoms with E-state index < -0.39 is 0 Å². The van der Waals surface area contributed by atoms with Gasteiger partial charge in [-0.2, -0.15) is 9.47 Å². The molecular formula is C18H22N8S. The number of aryl methyl sites for hydroxylation is 3. The molecule has 0 bridgehead atoms. The molecule has 0 aliphatic rings. The van der Waals surface area contributed by atoms with Gasteiger partial charge in [0.05, 0.1) is 23.8 Å². The van der Waals surface area contributed by atoms with Crippen LogP contribution in [0, 0.1) is 6.92 Å². The van der Waals surface area contributed by atoms with Gasteiger partial charge in [0.25, 0.3) is 0 Å². The first-order valence-corrected chi connectivity index (χ1v) is 9.62. The molecule has 9 heteroatoms. The second kappa shape index (κ2) is 7.45. The summed E-state index contributed by atoms with van der Waals surface area (Å²) in [5.74, 6) is 0.749. The van der Waals surface area contributed by atoms with E-state index in [0.717, 1.165) is 58.4 Å². The molecule has 4 aromatic heterocycles. The predicted molar refractivity (Wildman–Crippen MR) is 108 cm³/mol. The number of hydrogen-bond donors (Lipinski definition) is 2. The van der Waals surface area contributed by atoms with Crippen molar-refractivity contribution in [2.75, 3.05) is 18.9 Å². The van der Waals surface area contributed by atoms with E-state index in [9.17, 15) is 0 Å². The summed E-state index contributed by atoms with van der Waals surface area (Å²) in [6, 6.07) is 0. The van der Waals surface area contributed by atoms with E-state index in [1.807, 2.05) is 45.8 Å². The standard InChI is InChI=1S/C18H22N8S/c1-12-7-22-27-18(12)24-16-17-20-9-15(13-8-21-25(3)10-13)26(17)11-14(23-16)5-4-6-19-2/h7-11,19H,4-6H2,1-3H3,(H,23,24). The van der Waals surface area contributed by atoms with Crippen LogP contribution in [0.5, 0.6) is 0 Å². The third-order valence-corrected chi connectivity index (χ3v) is 5.20. The van der Waals surface area contributed by atoms with Crippen LogP contribution in [0.2, 0.25) is 0 Å². The average molecular weight is 382 g/mol. The topological polar surface area (TPSA) is 85.0 Å². The van der Waals surface area contributed by atoms with Gasteiger partial charge in [-0.3, -0.25) is 9.08 Å². The lowest BCUT2D eigenvalue weighted by Crippen LogP contribution is -2.10. The minimum atomic E-state index is 0.749. The van der Waals surface area contributed by atoms with Crippen molar-refractivity contribution >= 4 is 28.0 Å². The van der Waals surface area contributed by atoms with Crippen LogP contribution in [0.1, 0.15) is 17.7 Å². The highest BCUT2D eigenvalue weighted by Gasteiger charge is 2.15. The van der Waals surface area contributed by atoms with Crippen LogP contribution in [-0.2, 0) is 13.5 Å². The van der Waals surface area contributed by atoms with Crippen molar-refractivity contribution in [3.05, 3.63) is 42.2 Å². The van der Waals surface area contributed by atoms with E-state index in [-0.39, 0.29) is 0 Å². The normalized spacial score (nSPS) is 11.4. The molecule has 0 atom stereocenters. The number of hydrogen-bond acceptors (Lipinski definition) is 7. The zero-order valence-corrected chi connectivity index (χ0v) is 16.4. The van der Waals surface area contributed by atoms with E-state index in [1.165, 1.54) is 11.5 Å². The molecule has 0 aliphatic heterocycles. The predicted octanol–water partition coefficient (Wildman–Crippen LogP) is 2.79. The van der Waals surface area contributed by atoms with Crippen LogP contribution in [0.4, 0.5) is 10.8 Å². The Kier molecular flexibility index (Phi) is 4.87. The van der Waals surface area contributed by atoms with Crippen molar-refractivity contribution in [3.8, 4) is 11.3 Å². The molecule has 4 aromatic rings. The Bertz CT molecular complexity index is 1060. The summed E-state index contributed by atoms with van der Waals surface area (Å²) in [6.45, 7) is 2.99. The van der Waals surface area contributed by atoms with Crippen molar-refractivity contribution in [2.24, 2.45) is 7.05 Å². The molecule has 0 unspecified atom stereocenters. The van der Waals surface area contributed by atoms with E-state index in [4.69, 9.17) is 4.98 Å². The summed E-state index contributed by atoms with van der Waals surface area (Å²) < 4.78 is 8.13. The Morgan fingerprint density at radius 2 is 2.07 bits per heavy atom. The van der Waals surface area contributed by atoms with Gasteiger partial charge in [-0.25, -0.2) is 9.97 Å². The largest absolute Gasteiger partial charge is 0.327 e. The van der Waals surface area contributed by atoms with Gasteiger partial charge < -0.3 is 10.6 Å². The van der Waals surface area contributed by atoms with E-state index in [2.05, 4.69) is 35.7 Å². The first-order chi connectivity index (χ1) is 13.2. The Hall–Kier alpha value is -2.78. The molecular weight excluding hydrogens is 360 g/mol. The lowest BCUT2D eigenvalue weighted by molar-refractivity contribution is 0.713. The fourth-order valence-electron chi connectivity index (χ4n) is 2.97. The second-order valence-corrected chi connectivity index (χ2v) is 7.29. The molecule has 8 nitrogen and oxygen atoms in total. The number of aromatic nitrogens is 6. The summed E-state index contributed by atoms with van der Waals surface area (Å²) in [7, 11) is 3.88. The van der Waals surface area contributed by atoms with E-state index >= 15 is 0 Å². The highest BCUT2D eigenvalue weighted by atomic mass is 32.1. The van der Waals surface area contributed by atoms with Gasteiger partial charge in [0, 0.05) is 36.8 Å². The summed E-state index contributed by atoms with van der Waals surface area (Å²) in [5, 5.41) is 11.9. The van der Waals surface area contributed by atoms with Crippen molar-refractivity contribution in [1.82, 2.24) is 33.8 Å². The number of anilines is 2. The van der Waals surface area contributed by atoms with E-state index in [1.54, 1.807) is 4.68 Å². The Labute approximate surface area is 161 Å². The van der Waals surface area contributed by atoms with Gasteiger partial charge >= 0.3 is 0 Å². The first kappa shape index (κ1) is 17.6. The third kappa shape index (κ3) is 3.56. The lowest BCUT2D eigenvalue weighted by Gasteiger charge is -2.10. The summed E-state index contributed by atoms with van der Waals surface area (Å²) in [4.78, 5) is 9.46. The Morgan fingerprint density at radius 1 is 1.19 bits per heavy atom. The van der Waals surface area contributed by atoms with Crippen LogP contribution in [-0.4, -0.2) is 42.1 Å². The van der Waals surface area contributed by atoms with Gasteiger partial charge in [-0.1, -0.05) is 0 Å². The van der Waals surface area contributed by atoms with E-state index in [0.29, 0.717) is 0 Å². The van der Waals surface area contributed by atoms with Crippen LogP contribution < -0.4 is 10.6 Å². The fourth-order valence-corrected chi connectivity index (χ4v) is 3.63. The van der Waals surface area contributed by atoms with Gasteiger partial charge in [0.1, 0.15) is 5.00 Å². The van der Waals surface area contributed by atoms with Crippen molar-refractivity contribution < 1.29 is 0 Å². The minimum absolute atomic E-state index is 0.749. The maximum Gasteiger partial charge on any atom is 0.180 e. The smallest absolute Gasteiger partial charge is 0.180 e. The zero-order valence-electron chi connectivity index (χ0n) is 15.6. The summed E-state index contributed by atoms with van der Waals surface area (Å²) in [6.07, 6.45) is 11.5. The molecule has 0 saturated heterocycles. The monoisotopic (exact) mass is 382 g/mol. The van der Waals surface area contributed by atoms with Crippen LogP contribution in [0.25, 0.3) is 16.9 Å². The molecule has 0 saturated carbocycles. The quantitative estimate of drug-likeness (QED) is 0.478. The number of nitrogens with zero attached hydrogens (tertiary/aromatic N) is 6. The maximum absolute atomic E-state index is 4.84. The van der Waals surface area contributed by atoms with Gasteiger partial charge in [-0.15, -0.1) is 0 Å². The lowest BCUT2D eigenvalue weighted by atomic mass is 10.2.